The highest BCUT2D eigenvalue weighted by atomic mass is 32.2. The molecule has 5 nitrogen and oxygen atoms in total. The molecule has 2 N–H and O–H groups in total. The lowest BCUT2D eigenvalue weighted by molar-refractivity contribution is 0.302. The predicted molar refractivity (Wildman–Crippen MR) is 84.2 cm³/mol. The fourth-order valence-electron chi connectivity index (χ4n) is 1.93. The molecule has 0 bridgehead atoms. The van der Waals surface area contributed by atoms with Crippen molar-refractivity contribution in [3.63, 3.8) is 0 Å². The first kappa shape index (κ1) is 15.0. The van der Waals surface area contributed by atoms with E-state index in [4.69, 9.17) is 10.5 Å². The van der Waals surface area contributed by atoms with E-state index in [0.717, 1.165) is 36.6 Å². The second kappa shape index (κ2) is 7.99. The van der Waals surface area contributed by atoms with Crippen molar-refractivity contribution in [3.05, 3.63) is 23.9 Å². The molecule has 20 heavy (non-hydrogen) atoms. The molecule has 110 valence electrons. The van der Waals surface area contributed by atoms with E-state index in [-0.39, 0.29) is 0 Å². The molecule has 1 aliphatic rings. The average Bonchev–Trinajstić information content (AvgIpc) is 2.52. The molecule has 0 radical (unpaired) electrons. The zero-order chi connectivity index (χ0) is 14.2. The van der Waals surface area contributed by atoms with Crippen molar-refractivity contribution in [2.24, 2.45) is 10.7 Å². The number of nitrogens with two attached hydrogens (primary N) is 1. The zero-order valence-corrected chi connectivity index (χ0v) is 12.7. The zero-order valence-electron chi connectivity index (χ0n) is 11.9. The van der Waals surface area contributed by atoms with Crippen LogP contribution in [-0.2, 0) is 6.54 Å². The molecule has 1 saturated heterocycles. The third kappa shape index (κ3) is 4.30. The summed E-state index contributed by atoms with van der Waals surface area (Å²) < 4.78 is 5.63. The summed E-state index contributed by atoms with van der Waals surface area (Å²) in [7, 11) is 0. The quantitative estimate of drug-likeness (QED) is 0.662. The van der Waals surface area contributed by atoms with Crippen LogP contribution >= 0.6 is 11.8 Å². The average molecular weight is 294 g/mol. The third-order valence-electron chi connectivity index (χ3n) is 3.04. The molecular weight excluding hydrogens is 272 g/mol. The van der Waals surface area contributed by atoms with Gasteiger partial charge in [-0.2, -0.15) is 11.8 Å². The van der Waals surface area contributed by atoms with E-state index in [0.29, 0.717) is 25.0 Å². The number of rotatable bonds is 5. The van der Waals surface area contributed by atoms with Crippen LogP contribution in [0.2, 0.25) is 0 Å². The monoisotopic (exact) mass is 294 g/mol. The Morgan fingerprint density at radius 3 is 3.05 bits per heavy atom. The molecule has 0 saturated carbocycles. The molecule has 1 aromatic rings. The SMILES string of the molecule is CCCOc1ncccc1CN=C(N)N1CCSCC1. The normalized spacial score (nSPS) is 16.2. The van der Waals surface area contributed by atoms with Crippen LogP contribution in [0.15, 0.2) is 23.3 Å². The van der Waals surface area contributed by atoms with E-state index in [9.17, 15) is 0 Å². The smallest absolute Gasteiger partial charge is 0.218 e. The van der Waals surface area contributed by atoms with Gasteiger partial charge in [0.2, 0.25) is 5.88 Å². The number of aliphatic imine (C=N–C) groups is 1. The van der Waals surface area contributed by atoms with Crippen molar-refractivity contribution >= 4 is 17.7 Å². The Balaban J connectivity index is 1.98. The van der Waals surface area contributed by atoms with Crippen molar-refractivity contribution in [3.8, 4) is 5.88 Å². The van der Waals surface area contributed by atoms with Gasteiger partial charge in [0.15, 0.2) is 5.96 Å². The Morgan fingerprint density at radius 2 is 2.30 bits per heavy atom. The molecular formula is C14H22N4OS. The van der Waals surface area contributed by atoms with Crippen molar-refractivity contribution in [2.75, 3.05) is 31.2 Å². The molecule has 0 aliphatic carbocycles. The minimum Gasteiger partial charge on any atom is -0.477 e. The van der Waals surface area contributed by atoms with Gasteiger partial charge in [-0.3, -0.25) is 0 Å². The molecule has 0 spiro atoms. The summed E-state index contributed by atoms with van der Waals surface area (Å²) in [6, 6.07) is 3.89. The second-order valence-corrected chi connectivity index (χ2v) is 5.81. The van der Waals surface area contributed by atoms with Crippen molar-refractivity contribution in [2.45, 2.75) is 19.9 Å². The van der Waals surface area contributed by atoms with Gasteiger partial charge in [0.1, 0.15) is 0 Å². The van der Waals surface area contributed by atoms with E-state index in [1.54, 1.807) is 6.20 Å². The summed E-state index contributed by atoms with van der Waals surface area (Å²) in [6.45, 7) is 5.22. The maximum Gasteiger partial charge on any atom is 0.218 e. The summed E-state index contributed by atoms with van der Waals surface area (Å²) in [5.74, 6) is 3.53. The third-order valence-corrected chi connectivity index (χ3v) is 3.98. The van der Waals surface area contributed by atoms with E-state index in [1.807, 2.05) is 23.9 Å². The number of hydrogen-bond donors (Lipinski definition) is 1. The maximum atomic E-state index is 6.05. The molecule has 1 aromatic heterocycles. The van der Waals surface area contributed by atoms with E-state index < -0.39 is 0 Å². The van der Waals surface area contributed by atoms with Crippen LogP contribution < -0.4 is 10.5 Å². The summed E-state index contributed by atoms with van der Waals surface area (Å²) in [5.41, 5.74) is 7.03. The van der Waals surface area contributed by atoms with E-state index in [2.05, 4.69) is 21.8 Å². The lowest BCUT2D eigenvalue weighted by Gasteiger charge is -2.27. The number of ether oxygens (including phenoxy) is 1. The fourth-order valence-corrected chi connectivity index (χ4v) is 2.83. The van der Waals surface area contributed by atoms with Crippen molar-refractivity contribution < 1.29 is 4.74 Å². The number of thioether (sulfide) groups is 1. The Kier molecular flexibility index (Phi) is 5.98. The standard InChI is InChI=1S/C14H22N4OS/c1-2-8-19-13-12(4-3-5-16-13)11-17-14(15)18-6-9-20-10-7-18/h3-5H,2,6-11H2,1H3,(H2,15,17). The fraction of sp³-hybridized carbons (Fsp3) is 0.571. The topological polar surface area (TPSA) is 63.7 Å². The Bertz CT molecular complexity index is 447. The number of aromatic nitrogens is 1. The second-order valence-electron chi connectivity index (χ2n) is 4.59. The number of guanidine groups is 1. The van der Waals surface area contributed by atoms with Crippen LogP contribution in [0.5, 0.6) is 5.88 Å². The van der Waals surface area contributed by atoms with Crippen LogP contribution in [0.25, 0.3) is 0 Å². The van der Waals surface area contributed by atoms with E-state index >= 15 is 0 Å². The van der Waals surface area contributed by atoms with E-state index in [1.165, 1.54) is 0 Å². The molecule has 2 rings (SSSR count). The minimum absolute atomic E-state index is 0.516. The highest BCUT2D eigenvalue weighted by Gasteiger charge is 2.12. The van der Waals surface area contributed by atoms with Gasteiger partial charge in [-0.15, -0.1) is 0 Å². The van der Waals surface area contributed by atoms with Crippen molar-refractivity contribution in [1.82, 2.24) is 9.88 Å². The maximum absolute atomic E-state index is 6.05. The predicted octanol–water partition coefficient (Wildman–Crippen LogP) is 1.73. The van der Waals surface area contributed by atoms with Gasteiger partial charge in [0.25, 0.3) is 0 Å². The lowest BCUT2D eigenvalue weighted by Crippen LogP contribution is -2.42. The molecule has 2 heterocycles. The molecule has 1 fully saturated rings. The molecule has 0 aromatic carbocycles. The summed E-state index contributed by atoms with van der Waals surface area (Å²) in [4.78, 5) is 10.9. The first-order valence-corrected chi connectivity index (χ1v) is 8.16. The summed E-state index contributed by atoms with van der Waals surface area (Å²) in [5, 5.41) is 0. The van der Waals surface area contributed by atoms with Gasteiger partial charge in [0.05, 0.1) is 13.2 Å². The highest BCUT2D eigenvalue weighted by Crippen LogP contribution is 2.16. The summed E-state index contributed by atoms with van der Waals surface area (Å²) in [6.07, 6.45) is 2.70. The first-order valence-electron chi connectivity index (χ1n) is 7.00. The lowest BCUT2D eigenvalue weighted by atomic mass is 10.3. The Labute approximate surface area is 124 Å². The first-order chi connectivity index (χ1) is 9.81. The Hall–Kier alpha value is -1.43. The molecule has 0 unspecified atom stereocenters. The van der Waals surface area contributed by atoms with Crippen LogP contribution in [0, 0.1) is 0 Å². The number of nitrogens with zero attached hydrogens (tertiary/aromatic N) is 3. The number of hydrogen-bond acceptors (Lipinski definition) is 4. The van der Waals surface area contributed by atoms with Gasteiger partial charge < -0.3 is 15.4 Å². The molecule has 1 aliphatic heterocycles. The molecule has 6 heteroatoms. The van der Waals surface area contributed by atoms with Crippen LogP contribution in [0.1, 0.15) is 18.9 Å². The van der Waals surface area contributed by atoms with Gasteiger partial charge in [-0.05, 0) is 12.5 Å². The van der Waals surface area contributed by atoms with Crippen LogP contribution in [0.3, 0.4) is 0 Å². The number of pyridine rings is 1. The van der Waals surface area contributed by atoms with Gasteiger partial charge in [-0.1, -0.05) is 13.0 Å². The van der Waals surface area contributed by atoms with Crippen molar-refractivity contribution in [1.29, 1.82) is 0 Å². The Morgan fingerprint density at radius 1 is 1.50 bits per heavy atom. The summed E-state index contributed by atoms with van der Waals surface area (Å²) >= 11 is 1.96. The largest absolute Gasteiger partial charge is 0.477 e. The van der Waals surface area contributed by atoms with Gasteiger partial charge >= 0.3 is 0 Å². The molecule has 0 amide bonds. The van der Waals surface area contributed by atoms with Gasteiger partial charge in [0, 0.05) is 36.4 Å². The van der Waals surface area contributed by atoms with Crippen LogP contribution in [0.4, 0.5) is 0 Å². The van der Waals surface area contributed by atoms with Crippen LogP contribution in [-0.4, -0.2) is 47.0 Å². The minimum atomic E-state index is 0.516. The molecule has 0 atom stereocenters. The van der Waals surface area contributed by atoms with Gasteiger partial charge in [-0.25, -0.2) is 9.98 Å². The highest BCUT2D eigenvalue weighted by molar-refractivity contribution is 7.99.